The van der Waals surface area contributed by atoms with Gasteiger partial charge in [-0.05, 0) is 26.0 Å². The van der Waals surface area contributed by atoms with Crippen LogP contribution in [0.1, 0.15) is 19.6 Å². The first-order valence-electron chi connectivity index (χ1n) is 7.75. The molecular formula is C18H17N3O4. The van der Waals surface area contributed by atoms with Crippen molar-refractivity contribution >= 4 is 17.7 Å². The molecule has 7 nitrogen and oxygen atoms in total. The van der Waals surface area contributed by atoms with Gasteiger partial charge in [-0.3, -0.25) is 14.9 Å². The van der Waals surface area contributed by atoms with E-state index >= 15 is 0 Å². The second-order valence-corrected chi connectivity index (χ2v) is 5.16. The Morgan fingerprint density at radius 1 is 1.32 bits per heavy atom. The largest absolute Gasteiger partial charge is 0.457 e. The zero-order valence-corrected chi connectivity index (χ0v) is 13.9. The van der Waals surface area contributed by atoms with Crippen molar-refractivity contribution in [3.05, 3.63) is 57.8 Å². The molecule has 1 amide bonds. The lowest BCUT2D eigenvalue weighted by Gasteiger charge is -2.17. The fraction of sp³-hybridized carbons (Fsp3) is 0.222. The van der Waals surface area contributed by atoms with Crippen LogP contribution >= 0.6 is 0 Å². The number of carbonyl (C=O) groups excluding carboxylic acids is 1. The van der Waals surface area contributed by atoms with Crippen molar-refractivity contribution in [2.75, 3.05) is 13.1 Å². The monoisotopic (exact) mass is 339 g/mol. The molecule has 0 unspecified atom stereocenters. The highest BCUT2D eigenvalue weighted by atomic mass is 16.6. The molecule has 0 saturated heterocycles. The van der Waals surface area contributed by atoms with Crippen molar-refractivity contribution in [3.63, 3.8) is 0 Å². The quantitative estimate of drug-likeness (QED) is 0.346. The van der Waals surface area contributed by atoms with Crippen LogP contribution in [-0.4, -0.2) is 28.8 Å². The van der Waals surface area contributed by atoms with E-state index in [1.807, 2.05) is 19.9 Å². The van der Waals surface area contributed by atoms with Crippen LogP contribution < -0.4 is 0 Å². The summed E-state index contributed by atoms with van der Waals surface area (Å²) in [5.41, 5.74) is 0.478. The van der Waals surface area contributed by atoms with E-state index in [0.29, 0.717) is 30.2 Å². The second kappa shape index (κ2) is 7.93. The van der Waals surface area contributed by atoms with E-state index in [1.165, 1.54) is 18.2 Å². The van der Waals surface area contributed by atoms with E-state index in [-0.39, 0.29) is 17.2 Å². The fourth-order valence-electron chi connectivity index (χ4n) is 2.32. The van der Waals surface area contributed by atoms with Gasteiger partial charge >= 0.3 is 0 Å². The minimum atomic E-state index is -0.482. The Hall–Kier alpha value is -3.40. The molecule has 2 aromatic rings. The van der Waals surface area contributed by atoms with Gasteiger partial charge in [0.05, 0.1) is 4.92 Å². The average molecular weight is 339 g/mol. The minimum absolute atomic E-state index is 0.0244. The van der Waals surface area contributed by atoms with Gasteiger partial charge < -0.3 is 9.32 Å². The first-order chi connectivity index (χ1) is 12.0. The predicted molar refractivity (Wildman–Crippen MR) is 92.3 cm³/mol. The highest BCUT2D eigenvalue weighted by molar-refractivity contribution is 6.01. The standard InChI is InChI=1S/C18H17N3O4/c1-3-20(4-2)18(22)14(12-19)11-16-8-9-17(25-16)13-6-5-7-15(10-13)21(23)24/h5-11H,3-4H2,1-2H3/b14-11+. The van der Waals surface area contributed by atoms with Gasteiger partial charge in [0.1, 0.15) is 23.2 Å². The van der Waals surface area contributed by atoms with Crippen molar-refractivity contribution in [2.24, 2.45) is 0 Å². The Bertz CT molecular complexity index is 857. The molecule has 0 spiro atoms. The van der Waals surface area contributed by atoms with Crippen LogP contribution in [0.15, 0.2) is 46.4 Å². The third-order valence-electron chi connectivity index (χ3n) is 3.66. The van der Waals surface area contributed by atoms with Gasteiger partial charge in [0.15, 0.2) is 0 Å². The summed E-state index contributed by atoms with van der Waals surface area (Å²) in [4.78, 5) is 24.2. The minimum Gasteiger partial charge on any atom is -0.457 e. The maximum Gasteiger partial charge on any atom is 0.270 e. The van der Waals surface area contributed by atoms with Gasteiger partial charge in [0, 0.05) is 36.9 Å². The smallest absolute Gasteiger partial charge is 0.270 e. The maximum absolute atomic E-state index is 12.3. The molecule has 0 aliphatic rings. The van der Waals surface area contributed by atoms with E-state index in [4.69, 9.17) is 4.42 Å². The third kappa shape index (κ3) is 4.12. The van der Waals surface area contributed by atoms with Gasteiger partial charge in [-0.15, -0.1) is 0 Å². The number of nitro groups is 1. The summed E-state index contributed by atoms with van der Waals surface area (Å²) in [5, 5.41) is 20.1. The number of furan rings is 1. The van der Waals surface area contributed by atoms with E-state index < -0.39 is 4.92 Å². The maximum atomic E-state index is 12.3. The number of likely N-dealkylation sites (N-methyl/N-ethyl adjacent to an activating group) is 1. The summed E-state index contributed by atoms with van der Waals surface area (Å²) < 4.78 is 5.61. The number of amides is 1. The summed E-state index contributed by atoms with van der Waals surface area (Å²) in [6, 6.07) is 11.2. The van der Waals surface area contributed by atoms with Crippen molar-refractivity contribution < 1.29 is 14.1 Å². The molecule has 0 radical (unpaired) electrons. The van der Waals surface area contributed by atoms with Crippen LogP contribution in [0, 0.1) is 21.4 Å². The summed E-state index contributed by atoms with van der Waals surface area (Å²) in [7, 11) is 0. The summed E-state index contributed by atoms with van der Waals surface area (Å²) in [6.45, 7) is 4.68. The SMILES string of the molecule is CCN(CC)C(=O)/C(C#N)=C/c1ccc(-c2cccc([N+](=O)[O-])c2)o1. The number of hydrogen-bond donors (Lipinski definition) is 0. The lowest BCUT2D eigenvalue weighted by atomic mass is 10.1. The number of benzene rings is 1. The number of hydrogen-bond acceptors (Lipinski definition) is 5. The van der Waals surface area contributed by atoms with Gasteiger partial charge in [-0.25, -0.2) is 0 Å². The van der Waals surface area contributed by atoms with Crippen LogP contribution in [-0.2, 0) is 4.79 Å². The van der Waals surface area contributed by atoms with Crippen molar-refractivity contribution in [1.29, 1.82) is 5.26 Å². The molecule has 128 valence electrons. The van der Waals surface area contributed by atoms with Gasteiger partial charge in [-0.2, -0.15) is 5.26 Å². The van der Waals surface area contributed by atoms with Crippen molar-refractivity contribution in [3.8, 4) is 17.4 Å². The molecule has 0 N–H and O–H groups in total. The Kier molecular flexibility index (Phi) is 5.69. The molecule has 0 saturated carbocycles. The first kappa shape index (κ1) is 17.9. The Labute approximate surface area is 144 Å². The van der Waals surface area contributed by atoms with Crippen LogP contribution in [0.3, 0.4) is 0 Å². The molecule has 1 heterocycles. The molecule has 1 aromatic carbocycles. The molecule has 0 fully saturated rings. The predicted octanol–water partition coefficient (Wildman–Crippen LogP) is 3.63. The average Bonchev–Trinajstić information content (AvgIpc) is 3.09. The first-order valence-corrected chi connectivity index (χ1v) is 7.75. The number of nitrogens with zero attached hydrogens (tertiary/aromatic N) is 3. The normalized spacial score (nSPS) is 11.0. The Morgan fingerprint density at radius 2 is 2.04 bits per heavy atom. The van der Waals surface area contributed by atoms with Crippen molar-refractivity contribution in [2.45, 2.75) is 13.8 Å². The molecule has 1 aromatic heterocycles. The Morgan fingerprint density at radius 3 is 2.64 bits per heavy atom. The number of carbonyl (C=O) groups is 1. The lowest BCUT2D eigenvalue weighted by Crippen LogP contribution is -2.31. The van der Waals surface area contributed by atoms with E-state index in [1.54, 1.807) is 29.2 Å². The molecule has 0 atom stereocenters. The Balaban J connectivity index is 2.31. The van der Waals surface area contributed by atoms with Gasteiger partial charge in [0.25, 0.3) is 11.6 Å². The molecular weight excluding hydrogens is 322 g/mol. The highest BCUT2D eigenvalue weighted by Crippen LogP contribution is 2.26. The number of rotatable bonds is 6. The zero-order chi connectivity index (χ0) is 18.4. The number of nitriles is 1. The van der Waals surface area contributed by atoms with Gasteiger partial charge in [-0.1, -0.05) is 12.1 Å². The fourth-order valence-corrected chi connectivity index (χ4v) is 2.32. The van der Waals surface area contributed by atoms with E-state index in [2.05, 4.69) is 0 Å². The summed E-state index contributed by atoms with van der Waals surface area (Å²) in [6.07, 6.45) is 1.38. The van der Waals surface area contributed by atoms with Gasteiger partial charge in [0.2, 0.25) is 0 Å². The molecule has 0 aliphatic heterocycles. The molecule has 25 heavy (non-hydrogen) atoms. The van der Waals surface area contributed by atoms with E-state index in [0.717, 1.165) is 0 Å². The number of non-ortho nitro benzene ring substituents is 1. The van der Waals surface area contributed by atoms with Crippen LogP contribution in [0.4, 0.5) is 5.69 Å². The molecule has 0 aliphatic carbocycles. The second-order valence-electron chi connectivity index (χ2n) is 5.16. The molecule has 2 rings (SSSR count). The van der Waals surface area contributed by atoms with Crippen LogP contribution in [0.5, 0.6) is 0 Å². The summed E-state index contributed by atoms with van der Waals surface area (Å²) in [5.74, 6) is 0.391. The topological polar surface area (TPSA) is 100 Å². The molecule has 0 bridgehead atoms. The van der Waals surface area contributed by atoms with Crippen molar-refractivity contribution in [1.82, 2.24) is 4.90 Å². The zero-order valence-electron chi connectivity index (χ0n) is 13.9. The highest BCUT2D eigenvalue weighted by Gasteiger charge is 2.16. The lowest BCUT2D eigenvalue weighted by molar-refractivity contribution is -0.384. The van der Waals surface area contributed by atoms with Crippen LogP contribution in [0.2, 0.25) is 0 Å². The third-order valence-corrected chi connectivity index (χ3v) is 3.66. The molecule has 7 heteroatoms. The van der Waals surface area contributed by atoms with Crippen LogP contribution in [0.25, 0.3) is 17.4 Å². The number of nitro benzene ring substituents is 1. The van der Waals surface area contributed by atoms with E-state index in [9.17, 15) is 20.2 Å². The summed E-state index contributed by atoms with van der Waals surface area (Å²) >= 11 is 0.